The summed E-state index contributed by atoms with van der Waals surface area (Å²) >= 11 is 0. The van der Waals surface area contributed by atoms with Gasteiger partial charge in [-0.25, -0.2) is 4.79 Å². The van der Waals surface area contributed by atoms with E-state index in [2.05, 4.69) is 70.4 Å². The molecule has 1 aliphatic rings. The molecule has 2 aromatic carbocycles. The Labute approximate surface area is 205 Å². The SMILES string of the molecule is CC(C)(C)c1cc(CCc2ccccc2NC(=O)NC2CCC(O)CC2)cc(C(C)(C)C)c1O. The van der Waals surface area contributed by atoms with Gasteiger partial charge in [-0.15, -0.1) is 0 Å². The molecule has 5 heteroatoms. The number of amides is 2. The molecule has 0 radical (unpaired) electrons. The zero-order valence-corrected chi connectivity index (χ0v) is 21.7. The van der Waals surface area contributed by atoms with Crippen LogP contribution in [0.25, 0.3) is 0 Å². The smallest absolute Gasteiger partial charge is 0.319 e. The number of anilines is 1. The van der Waals surface area contributed by atoms with Crippen molar-refractivity contribution in [2.45, 2.75) is 103 Å². The molecule has 0 aromatic heterocycles. The minimum Gasteiger partial charge on any atom is -0.507 e. The van der Waals surface area contributed by atoms with Crippen molar-refractivity contribution in [1.29, 1.82) is 0 Å². The summed E-state index contributed by atoms with van der Waals surface area (Å²) in [5.41, 5.74) is 4.71. The number of rotatable bonds is 5. The fourth-order valence-electron chi connectivity index (χ4n) is 4.69. The Morgan fingerprint density at radius 2 is 1.47 bits per heavy atom. The highest BCUT2D eigenvalue weighted by Crippen LogP contribution is 2.40. The van der Waals surface area contributed by atoms with Gasteiger partial charge in [-0.3, -0.25) is 0 Å². The van der Waals surface area contributed by atoms with Crippen molar-refractivity contribution in [3.05, 3.63) is 58.7 Å². The summed E-state index contributed by atoms with van der Waals surface area (Å²) in [6, 6.07) is 12.1. The number of phenolic OH excluding ortho intramolecular Hbond substituents is 1. The van der Waals surface area contributed by atoms with Crippen LogP contribution in [-0.2, 0) is 23.7 Å². The van der Waals surface area contributed by atoms with Crippen molar-refractivity contribution in [1.82, 2.24) is 5.32 Å². The van der Waals surface area contributed by atoms with Crippen LogP contribution in [0, 0.1) is 0 Å². The Morgan fingerprint density at radius 1 is 0.912 bits per heavy atom. The fourth-order valence-corrected chi connectivity index (χ4v) is 4.69. The lowest BCUT2D eigenvalue weighted by Gasteiger charge is -2.28. The minimum absolute atomic E-state index is 0.110. The molecule has 0 spiro atoms. The van der Waals surface area contributed by atoms with E-state index >= 15 is 0 Å². The van der Waals surface area contributed by atoms with Crippen LogP contribution in [0.2, 0.25) is 0 Å². The van der Waals surface area contributed by atoms with Crippen LogP contribution in [0.5, 0.6) is 5.75 Å². The number of aromatic hydroxyl groups is 1. The summed E-state index contributed by atoms with van der Waals surface area (Å²) < 4.78 is 0. The Kier molecular flexibility index (Phi) is 7.97. The number of phenols is 1. The van der Waals surface area contributed by atoms with Gasteiger partial charge in [0.05, 0.1) is 6.10 Å². The van der Waals surface area contributed by atoms with Crippen molar-refractivity contribution in [3.63, 3.8) is 0 Å². The summed E-state index contributed by atoms with van der Waals surface area (Å²) in [6.07, 6.45) is 4.45. The van der Waals surface area contributed by atoms with Gasteiger partial charge in [-0.2, -0.15) is 0 Å². The molecule has 5 nitrogen and oxygen atoms in total. The molecule has 1 aliphatic carbocycles. The number of para-hydroxylation sites is 1. The molecule has 0 unspecified atom stereocenters. The summed E-state index contributed by atoms with van der Waals surface area (Å²) in [7, 11) is 0. The highest BCUT2D eigenvalue weighted by Gasteiger charge is 2.26. The number of aryl methyl sites for hydroxylation is 2. The van der Waals surface area contributed by atoms with Crippen LogP contribution < -0.4 is 10.6 Å². The van der Waals surface area contributed by atoms with Crippen LogP contribution in [0.15, 0.2) is 36.4 Å². The molecule has 186 valence electrons. The highest BCUT2D eigenvalue weighted by molar-refractivity contribution is 5.90. The quantitative estimate of drug-likeness (QED) is 0.424. The molecule has 0 saturated heterocycles. The molecule has 0 bridgehead atoms. The first kappa shape index (κ1) is 26.1. The van der Waals surface area contributed by atoms with Gasteiger partial charge >= 0.3 is 6.03 Å². The van der Waals surface area contributed by atoms with E-state index in [1.54, 1.807) is 0 Å². The fraction of sp³-hybridized carbons (Fsp3) is 0.552. The maximum atomic E-state index is 12.6. The maximum Gasteiger partial charge on any atom is 0.319 e. The van der Waals surface area contributed by atoms with Crippen LogP contribution in [-0.4, -0.2) is 28.4 Å². The predicted octanol–water partition coefficient (Wildman–Crippen LogP) is 6.20. The van der Waals surface area contributed by atoms with Crippen molar-refractivity contribution >= 4 is 11.7 Å². The van der Waals surface area contributed by atoms with E-state index in [-0.39, 0.29) is 29.0 Å². The van der Waals surface area contributed by atoms with Gasteiger partial charge in [0.15, 0.2) is 0 Å². The van der Waals surface area contributed by atoms with Gasteiger partial charge in [0.25, 0.3) is 0 Å². The Bertz CT molecular complexity index is 958. The van der Waals surface area contributed by atoms with Gasteiger partial charge in [0.1, 0.15) is 5.75 Å². The van der Waals surface area contributed by atoms with Crippen LogP contribution in [0.1, 0.15) is 89.5 Å². The molecule has 0 aliphatic heterocycles. The van der Waals surface area contributed by atoms with Gasteiger partial charge in [-0.05, 0) is 77.7 Å². The van der Waals surface area contributed by atoms with E-state index < -0.39 is 0 Å². The van der Waals surface area contributed by atoms with Gasteiger partial charge in [0, 0.05) is 11.7 Å². The molecular formula is C29H42N2O3. The van der Waals surface area contributed by atoms with Gasteiger partial charge in [0.2, 0.25) is 0 Å². The van der Waals surface area contributed by atoms with Gasteiger partial charge < -0.3 is 20.8 Å². The van der Waals surface area contributed by atoms with E-state index in [1.807, 2.05) is 18.2 Å². The number of carbonyl (C=O) groups excluding carboxylic acids is 1. The average molecular weight is 467 g/mol. The zero-order valence-electron chi connectivity index (χ0n) is 21.7. The lowest BCUT2D eigenvalue weighted by Crippen LogP contribution is -2.41. The van der Waals surface area contributed by atoms with E-state index in [0.717, 1.165) is 60.9 Å². The topological polar surface area (TPSA) is 81.6 Å². The number of hydrogen-bond donors (Lipinski definition) is 4. The first-order chi connectivity index (χ1) is 15.8. The summed E-state index contributed by atoms with van der Waals surface area (Å²) in [6.45, 7) is 12.8. The summed E-state index contributed by atoms with van der Waals surface area (Å²) in [5.74, 6) is 0.401. The van der Waals surface area contributed by atoms with Gasteiger partial charge in [-0.1, -0.05) is 71.9 Å². The molecule has 1 fully saturated rings. The number of urea groups is 1. The molecule has 34 heavy (non-hydrogen) atoms. The molecule has 2 amide bonds. The third kappa shape index (κ3) is 6.75. The second-order valence-corrected chi connectivity index (χ2v) is 11.8. The second kappa shape index (κ2) is 10.4. The lowest BCUT2D eigenvalue weighted by molar-refractivity contribution is 0.118. The van der Waals surface area contributed by atoms with Crippen molar-refractivity contribution in [2.24, 2.45) is 0 Å². The third-order valence-corrected chi connectivity index (χ3v) is 6.77. The third-order valence-electron chi connectivity index (χ3n) is 6.77. The maximum absolute atomic E-state index is 12.6. The Hall–Kier alpha value is -2.53. The summed E-state index contributed by atoms with van der Waals surface area (Å²) in [4.78, 5) is 12.6. The molecular weight excluding hydrogens is 424 g/mol. The normalized spacial score (nSPS) is 19.0. The number of aliphatic hydroxyl groups is 1. The molecule has 4 N–H and O–H groups in total. The van der Waals surface area contributed by atoms with Crippen LogP contribution >= 0.6 is 0 Å². The first-order valence-electron chi connectivity index (χ1n) is 12.5. The zero-order chi connectivity index (χ0) is 25.1. The standard InChI is InChI=1S/C29H42N2O3/c1-28(2,3)23-17-19(18-24(26(23)33)29(4,5)6)11-12-20-9-7-8-10-25(20)31-27(34)30-21-13-15-22(32)16-14-21/h7-10,17-18,21-22,32-33H,11-16H2,1-6H3,(H2,30,31,34). The number of benzene rings is 2. The Balaban J connectivity index is 1.74. The second-order valence-electron chi connectivity index (χ2n) is 11.8. The van der Waals surface area contributed by atoms with Crippen molar-refractivity contribution < 1.29 is 15.0 Å². The molecule has 3 rings (SSSR count). The molecule has 2 aromatic rings. The number of carbonyl (C=O) groups is 1. The van der Waals surface area contributed by atoms with E-state index in [0.29, 0.717) is 5.75 Å². The molecule has 1 saturated carbocycles. The molecule has 0 atom stereocenters. The predicted molar refractivity (Wildman–Crippen MR) is 140 cm³/mol. The number of nitrogens with one attached hydrogen (secondary N) is 2. The highest BCUT2D eigenvalue weighted by atomic mass is 16.3. The Morgan fingerprint density at radius 3 is 2.03 bits per heavy atom. The van der Waals surface area contributed by atoms with Crippen molar-refractivity contribution in [3.8, 4) is 5.75 Å². The average Bonchev–Trinajstić information content (AvgIpc) is 2.74. The summed E-state index contributed by atoms with van der Waals surface area (Å²) in [5, 5.41) is 26.8. The van der Waals surface area contributed by atoms with E-state index in [1.165, 1.54) is 5.56 Å². The molecule has 0 heterocycles. The largest absolute Gasteiger partial charge is 0.507 e. The van der Waals surface area contributed by atoms with E-state index in [4.69, 9.17) is 0 Å². The first-order valence-corrected chi connectivity index (χ1v) is 12.5. The van der Waals surface area contributed by atoms with Crippen molar-refractivity contribution in [2.75, 3.05) is 5.32 Å². The number of hydrogen-bond acceptors (Lipinski definition) is 3. The van der Waals surface area contributed by atoms with E-state index in [9.17, 15) is 15.0 Å². The van der Waals surface area contributed by atoms with Crippen LogP contribution in [0.3, 0.4) is 0 Å². The van der Waals surface area contributed by atoms with Crippen LogP contribution in [0.4, 0.5) is 10.5 Å². The monoisotopic (exact) mass is 466 g/mol. The lowest BCUT2D eigenvalue weighted by atomic mass is 9.78. The minimum atomic E-state index is -0.237. The number of aliphatic hydroxyl groups excluding tert-OH is 1.